The number of amides is 1. The highest BCUT2D eigenvalue weighted by atomic mass is 19.4. The van der Waals surface area contributed by atoms with Crippen LogP contribution in [-0.2, 0) is 11.0 Å². The zero-order valence-corrected chi connectivity index (χ0v) is 16.2. The quantitative estimate of drug-likeness (QED) is 0.799. The van der Waals surface area contributed by atoms with Gasteiger partial charge in [0.25, 0.3) is 0 Å². The van der Waals surface area contributed by atoms with Crippen molar-refractivity contribution >= 4 is 17.7 Å². The number of hydrogen-bond donors (Lipinski definition) is 1. The molecule has 1 unspecified atom stereocenters. The zero-order valence-electron chi connectivity index (χ0n) is 16.2. The molecule has 0 saturated carbocycles. The third-order valence-corrected chi connectivity index (χ3v) is 4.49. The van der Waals surface area contributed by atoms with Gasteiger partial charge in [0.15, 0.2) is 5.69 Å². The third kappa shape index (κ3) is 5.95. The predicted octanol–water partition coefficient (Wildman–Crippen LogP) is 1.60. The summed E-state index contributed by atoms with van der Waals surface area (Å²) in [4.78, 5) is 25.2. The number of carbonyl (C=O) groups excluding carboxylic acids is 1. The van der Waals surface area contributed by atoms with Crippen molar-refractivity contribution in [3.05, 3.63) is 11.8 Å². The maximum Gasteiger partial charge on any atom is 0.433 e. The molecule has 0 aromatic carbocycles. The van der Waals surface area contributed by atoms with Crippen molar-refractivity contribution in [1.29, 1.82) is 0 Å². The first-order chi connectivity index (χ1) is 12.6. The summed E-state index contributed by atoms with van der Waals surface area (Å²) in [6, 6.07) is 1.07. The van der Waals surface area contributed by atoms with Gasteiger partial charge >= 0.3 is 6.18 Å². The smallest absolute Gasteiger partial charge is 0.363 e. The molecule has 1 N–H and O–H groups in total. The summed E-state index contributed by atoms with van der Waals surface area (Å²) >= 11 is 0. The maximum absolute atomic E-state index is 13.1. The van der Waals surface area contributed by atoms with Crippen LogP contribution in [-0.4, -0.2) is 73.6 Å². The fraction of sp³-hybridized carbons (Fsp3) is 0.706. The van der Waals surface area contributed by atoms with Gasteiger partial charge in [-0.15, -0.1) is 0 Å². The van der Waals surface area contributed by atoms with Gasteiger partial charge in [-0.25, -0.2) is 4.98 Å². The van der Waals surface area contributed by atoms with Crippen LogP contribution in [0.3, 0.4) is 0 Å². The predicted molar refractivity (Wildman–Crippen MR) is 97.9 cm³/mol. The molecule has 0 bridgehead atoms. The Balaban J connectivity index is 2.03. The van der Waals surface area contributed by atoms with Crippen molar-refractivity contribution in [3.8, 4) is 0 Å². The average molecular weight is 388 g/mol. The molecule has 1 aromatic rings. The van der Waals surface area contributed by atoms with Crippen LogP contribution >= 0.6 is 0 Å². The highest BCUT2D eigenvalue weighted by Gasteiger charge is 2.35. The minimum Gasteiger partial charge on any atom is -0.363 e. The second-order valence-electron chi connectivity index (χ2n) is 6.94. The van der Waals surface area contributed by atoms with Gasteiger partial charge in [0.1, 0.15) is 5.82 Å². The number of rotatable bonds is 6. The summed E-state index contributed by atoms with van der Waals surface area (Å²) in [5.41, 5.74) is -0.952. The van der Waals surface area contributed by atoms with E-state index in [9.17, 15) is 18.0 Å². The second-order valence-corrected chi connectivity index (χ2v) is 6.94. The van der Waals surface area contributed by atoms with E-state index in [2.05, 4.69) is 15.3 Å². The summed E-state index contributed by atoms with van der Waals surface area (Å²) in [5.74, 6) is 0.239. The van der Waals surface area contributed by atoms with Crippen molar-refractivity contribution in [1.82, 2.24) is 20.2 Å². The first-order valence-corrected chi connectivity index (χ1v) is 9.00. The lowest BCUT2D eigenvalue weighted by molar-refractivity contribution is -0.141. The second kappa shape index (κ2) is 8.73. The number of aromatic nitrogens is 2. The lowest BCUT2D eigenvalue weighted by atomic mass is 10.2. The molecule has 7 nitrogen and oxygen atoms in total. The standard InChI is InChI=1S/C17H27F3N6O/c1-5-12(2)21-15(27)11-25-6-8-26(9-7-25)16-22-13(17(18,19)20)10-14(23-16)24(3)4/h10,12H,5-9,11H2,1-4H3,(H,21,27). The molecule has 152 valence electrons. The molecule has 1 fully saturated rings. The Labute approximate surface area is 157 Å². The zero-order chi connectivity index (χ0) is 20.2. The van der Waals surface area contributed by atoms with Crippen molar-refractivity contribution in [2.24, 2.45) is 0 Å². The van der Waals surface area contributed by atoms with Crippen LogP contribution in [0.25, 0.3) is 0 Å². The summed E-state index contributed by atoms with van der Waals surface area (Å²) in [6.45, 7) is 6.28. The van der Waals surface area contributed by atoms with E-state index in [0.29, 0.717) is 26.2 Å². The van der Waals surface area contributed by atoms with Gasteiger partial charge in [0.2, 0.25) is 11.9 Å². The molecule has 1 atom stereocenters. The number of halogens is 3. The normalized spacial score (nSPS) is 16.9. The van der Waals surface area contributed by atoms with Crippen LogP contribution in [0.5, 0.6) is 0 Å². The SMILES string of the molecule is CCC(C)NC(=O)CN1CCN(c2nc(N(C)C)cc(C(F)(F)F)n2)CC1. The highest BCUT2D eigenvalue weighted by molar-refractivity contribution is 5.78. The topological polar surface area (TPSA) is 64.6 Å². The number of nitrogens with one attached hydrogen (secondary N) is 1. The minimum absolute atomic E-state index is 0.0389. The fourth-order valence-electron chi connectivity index (χ4n) is 2.67. The third-order valence-electron chi connectivity index (χ3n) is 4.49. The van der Waals surface area contributed by atoms with Gasteiger partial charge in [-0.1, -0.05) is 6.92 Å². The fourth-order valence-corrected chi connectivity index (χ4v) is 2.67. The molecule has 0 spiro atoms. The van der Waals surface area contributed by atoms with E-state index in [-0.39, 0.29) is 30.3 Å². The molecule has 10 heteroatoms. The molecule has 1 amide bonds. The lowest BCUT2D eigenvalue weighted by Gasteiger charge is -2.35. The molecular weight excluding hydrogens is 361 g/mol. The molecule has 0 radical (unpaired) electrons. The monoisotopic (exact) mass is 388 g/mol. The van der Waals surface area contributed by atoms with Gasteiger partial charge in [-0.05, 0) is 13.3 Å². The van der Waals surface area contributed by atoms with Crippen LogP contribution in [0.15, 0.2) is 6.07 Å². The van der Waals surface area contributed by atoms with Crippen LogP contribution in [0.1, 0.15) is 26.0 Å². The molecular formula is C17H27F3N6O. The Kier molecular flexibility index (Phi) is 6.85. The first-order valence-electron chi connectivity index (χ1n) is 9.00. The minimum atomic E-state index is -4.53. The Hall–Kier alpha value is -2.10. The number of hydrogen-bond acceptors (Lipinski definition) is 6. The van der Waals surface area contributed by atoms with Crippen molar-refractivity contribution in [2.75, 3.05) is 56.6 Å². The van der Waals surface area contributed by atoms with E-state index in [1.54, 1.807) is 19.0 Å². The molecule has 0 aliphatic carbocycles. The Morgan fingerprint density at radius 2 is 1.89 bits per heavy atom. The van der Waals surface area contributed by atoms with Crippen molar-refractivity contribution < 1.29 is 18.0 Å². The molecule has 1 aromatic heterocycles. The van der Waals surface area contributed by atoms with E-state index < -0.39 is 11.9 Å². The molecule has 27 heavy (non-hydrogen) atoms. The maximum atomic E-state index is 13.1. The van der Waals surface area contributed by atoms with E-state index in [4.69, 9.17) is 0 Å². The first kappa shape index (κ1) is 21.2. The Morgan fingerprint density at radius 3 is 2.41 bits per heavy atom. The van der Waals surface area contributed by atoms with Gasteiger partial charge < -0.3 is 15.1 Å². The molecule has 1 aliphatic rings. The average Bonchev–Trinajstić information content (AvgIpc) is 2.61. The largest absolute Gasteiger partial charge is 0.433 e. The number of alkyl halides is 3. The number of carbonyl (C=O) groups is 1. The van der Waals surface area contributed by atoms with E-state index in [0.717, 1.165) is 12.5 Å². The summed E-state index contributed by atoms with van der Waals surface area (Å²) in [5, 5.41) is 2.91. The highest BCUT2D eigenvalue weighted by Crippen LogP contribution is 2.31. The number of nitrogens with zero attached hydrogens (tertiary/aromatic N) is 5. The van der Waals surface area contributed by atoms with Gasteiger partial charge in [-0.3, -0.25) is 9.69 Å². The molecule has 2 rings (SSSR count). The van der Waals surface area contributed by atoms with E-state index in [1.165, 1.54) is 4.90 Å². The van der Waals surface area contributed by atoms with Crippen LogP contribution in [0.2, 0.25) is 0 Å². The van der Waals surface area contributed by atoms with Crippen molar-refractivity contribution in [3.63, 3.8) is 0 Å². The number of piperazine rings is 1. The summed E-state index contributed by atoms with van der Waals surface area (Å²) in [7, 11) is 3.28. The molecule has 2 heterocycles. The number of anilines is 2. The lowest BCUT2D eigenvalue weighted by Crippen LogP contribution is -2.50. The Morgan fingerprint density at radius 1 is 1.26 bits per heavy atom. The van der Waals surface area contributed by atoms with E-state index >= 15 is 0 Å². The van der Waals surface area contributed by atoms with Crippen LogP contribution in [0, 0.1) is 0 Å². The molecule has 1 saturated heterocycles. The van der Waals surface area contributed by atoms with Gasteiger partial charge in [-0.2, -0.15) is 18.2 Å². The van der Waals surface area contributed by atoms with Gasteiger partial charge in [0, 0.05) is 52.4 Å². The van der Waals surface area contributed by atoms with Crippen molar-refractivity contribution in [2.45, 2.75) is 32.5 Å². The summed E-state index contributed by atoms with van der Waals surface area (Å²) in [6.07, 6.45) is -3.67. The molecule has 1 aliphatic heterocycles. The van der Waals surface area contributed by atoms with Crippen LogP contribution in [0.4, 0.5) is 24.9 Å². The van der Waals surface area contributed by atoms with Gasteiger partial charge in [0.05, 0.1) is 6.54 Å². The van der Waals surface area contributed by atoms with E-state index in [1.807, 2.05) is 18.7 Å². The summed E-state index contributed by atoms with van der Waals surface area (Å²) < 4.78 is 39.4. The Bertz CT molecular complexity index is 644. The van der Waals surface area contributed by atoms with Crippen LogP contribution < -0.4 is 15.1 Å².